The first kappa shape index (κ1) is 13.4. The van der Waals surface area contributed by atoms with E-state index >= 15 is 0 Å². The van der Waals surface area contributed by atoms with Crippen LogP contribution in [-0.4, -0.2) is 13.6 Å². The molecule has 0 aromatic heterocycles. The van der Waals surface area contributed by atoms with Gasteiger partial charge < -0.3 is 10.6 Å². The lowest BCUT2D eigenvalue weighted by Crippen LogP contribution is -2.19. The summed E-state index contributed by atoms with van der Waals surface area (Å²) in [4.78, 5) is 2.07. The maximum Gasteiger partial charge on any atom is 0.125 e. The maximum atomic E-state index is 13.1. The first-order chi connectivity index (χ1) is 9.15. The highest BCUT2D eigenvalue weighted by Gasteiger charge is 2.02. The fourth-order valence-electron chi connectivity index (χ4n) is 2.05. The molecule has 0 saturated heterocycles. The highest BCUT2D eigenvalue weighted by Crippen LogP contribution is 2.15. The monoisotopic (exact) mass is 258 g/mol. The van der Waals surface area contributed by atoms with Crippen LogP contribution in [0.5, 0.6) is 0 Å². The van der Waals surface area contributed by atoms with Gasteiger partial charge in [0.15, 0.2) is 0 Å². The van der Waals surface area contributed by atoms with Gasteiger partial charge in [-0.2, -0.15) is 0 Å². The Morgan fingerprint density at radius 2 is 1.84 bits per heavy atom. The minimum Gasteiger partial charge on any atom is -0.399 e. The fourth-order valence-corrected chi connectivity index (χ4v) is 2.05. The molecule has 0 saturated carbocycles. The summed E-state index contributed by atoms with van der Waals surface area (Å²) in [5, 5.41) is 0. The molecule has 0 heterocycles. The minimum absolute atomic E-state index is 0.192. The molecular weight excluding hydrogens is 239 g/mol. The zero-order chi connectivity index (χ0) is 13.7. The molecule has 0 fully saturated rings. The Hall–Kier alpha value is -2.03. The number of nitrogen functional groups attached to an aromatic ring is 1. The van der Waals surface area contributed by atoms with Crippen LogP contribution in [0.4, 0.5) is 15.8 Å². The third-order valence-electron chi connectivity index (χ3n) is 3.19. The van der Waals surface area contributed by atoms with E-state index in [1.807, 2.05) is 25.2 Å². The molecule has 0 bridgehead atoms. The third kappa shape index (κ3) is 3.98. The van der Waals surface area contributed by atoms with Crippen LogP contribution in [0.2, 0.25) is 0 Å². The molecule has 100 valence electrons. The average molecular weight is 258 g/mol. The zero-order valence-corrected chi connectivity index (χ0v) is 11.1. The Morgan fingerprint density at radius 1 is 1.11 bits per heavy atom. The molecule has 3 heteroatoms. The molecule has 0 unspecified atom stereocenters. The van der Waals surface area contributed by atoms with E-state index in [0.29, 0.717) is 0 Å². The van der Waals surface area contributed by atoms with Crippen LogP contribution in [0.1, 0.15) is 12.0 Å². The average Bonchev–Trinajstić information content (AvgIpc) is 2.41. The molecule has 2 aromatic carbocycles. The molecule has 2 rings (SSSR count). The molecule has 0 atom stereocenters. The lowest BCUT2D eigenvalue weighted by molar-refractivity contribution is 0.627. The van der Waals surface area contributed by atoms with Crippen molar-refractivity contribution in [1.82, 2.24) is 0 Å². The van der Waals surface area contributed by atoms with Crippen molar-refractivity contribution >= 4 is 11.4 Å². The van der Waals surface area contributed by atoms with Crippen LogP contribution in [0, 0.1) is 5.82 Å². The predicted molar refractivity (Wildman–Crippen MR) is 78.8 cm³/mol. The van der Waals surface area contributed by atoms with E-state index in [1.165, 1.54) is 11.6 Å². The van der Waals surface area contributed by atoms with Crippen molar-refractivity contribution in [3.05, 3.63) is 59.9 Å². The van der Waals surface area contributed by atoms with Crippen molar-refractivity contribution in [2.45, 2.75) is 12.8 Å². The van der Waals surface area contributed by atoms with E-state index in [2.05, 4.69) is 17.0 Å². The van der Waals surface area contributed by atoms with Gasteiger partial charge in [0, 0.05) is 25.0 Å². The number of hydrogen-bond donors (Lipinski definition) is 1. The number of nitrogens with two attached hydrogens (primary N) is 1. The van der Waals surface area contributed by atoms with E-state index < -0.39 is 0 Å². The van der Waals surface area contributed by atoms with Crippen molar-refractivity contribution in [2.24, 2.45) is 0 Å². The normalized spacial score (nSPS) is 10.4. The topological polar surface area (TPSA) is 29.3 Å². The van der Waals surface area contributed by atoms with Gasteiger partial charge in [0.1, 0.15) is 5.82 Å². The number of halogens is 1. The van der Waals surface area contributed by atoms with E-state index in [-0.39, 0.29) is 5.82 Å². The van der Waals surface area contributed by atoms with Gasteiger partial charge in [-0.15, -0.1) is 0 Å². The Bertz CT molecular complexity index is 523. The summed E-state index contributed by atoms with van der Waals surface area (Å²) in [7, 11) is 1.98. The maximum absolute atomic E-state index is 13.1. The molecule has 0 spiro atoms. The second-order valence-electron chi connectivity index (χ2n) is 4.75. The lowest BCUT2D eigenvalue weighted by atomic mass is 10.1. The molecular formula is C16H19FN2. The first-order valence-electron chi connectivity index (χ1n) is 6.46. The Kier molecular flexibility index (Phi) is 4.39. The van der Waals surface area contributed by atoms with E-state index in [1.54, 1.807) is 12.1 Å². The summed E-state index contributed by atoms with van der Waals surface area (Å²) in [6.07, 6.45) is 2.02. The smallest absolute Gasteiger partial charge is 0.125 e. The van der Waals surface area contributed by atoms with E-state index in [0.717, 1.165) is 30.8 Å². The van der Waals surface area contributed by atoms with Crippen LogP contribution >= 0.6 is 0 Å². The predicted octanol–water partition coefficient (Wildman–Crippen LogP) is 3.48. The summed E-state index contributed by atoms with van der Waals surface area (Å²) < 4.78 is 13.1. The van der Waals surface area contributed by atoms with Crippen LogP contribution in [0.15, 0.2) is 48.5 Å². The van der Waals surface area contributed by atoms with Gasteiger partial charge in [-0.3, -0.25) is 0 Å². The van der Waals surface area contributed by atoms with Gasteiger partial charge in [-0.25, -0.2) is 4.39 Å². The van der Waals surface area contributed by atoms with Crippen LogP contribution in [-0.2, 0) is 6.42 Å². The van der Waals surface area contributed by atoms with Gasteiger partial charge in [0.2, 0.25) is 0 Å². The zero-order valence-electron chi connectivity index (χ0n) is 11.1. The van der Waals surface area contributed by atoms with E-state index in [9.17, 15) is 4.39 Å². The summed E-state index contributed by atoms with van der Waals surface area (Å²) in [5.74, 6) is -0.192. The lowest BCUT2D eigenvalue weighted by Gasteiger charge is -2.19. The third-order valence-corrected chi connectivity index (χ3v) is 3.19. The first-order valence-corrected chi connectivity index (χ1v) is 6.46. The summed E-state index contributed by atoms with van der Waals surface area (Å²) in [6, 6.07) is 14.6. The molecule has 0 aliphatic heterocycles. The number of rotatable bonds is 5. The van der Waals surface area contributed by atoms with Gasteiger partial charge in [-0.05, 0) is 48.7 Å². The largest absolute Gasteiger partial charge is 0.399 e. The molecule has 2 aromatic rings. The Balaban J connectivity index is 1.84. The van der Waals surface area contributed by atoms with Crippen LogP contribution < -0.4 is 10.6 Å². The molecule has 0 aliphatic rings. The molecule has 2 N–H and O–H groups in total. The molecule has 0 aliphatic carbocycles. The Morgan fingerprint density at radius 3 is 2.53 bits per heavy atom. The quantitative estimate of drug-likeness (QED) is 0.832. The van der Waals surface area contributed by atoms with Gasteiger partial charge in [-0.1, -0.05) is 18.2 Å². The summed E-state index contributed by atoms with van der Waals surface area (Å²) in [6.45, 7) is 0.897. The number of hydrogen-bond acceptors (Lipinski definition) is 2. The van der Waals surface area contributed by atoms with Crippen LogP contribution in [0.3, 0.4) is 0 Å². The second-order valence-corrected chi connectivity index (χ2v) is 4.75. The number of nitrogens with zero attached hydrogens (tertiary/aromatic N) is 1. The number of anilines is 2. The fraction of sp³-hybridized carbons (Fsp3) is 0.250. The number of benzene rings is 2. The molecule has 0 radical (unpaired) electrons. The SMILES string of the molecule is CN(CCCc1ccc(N)cc1)c1cccc(F)c1. The van der Waals surface area contributed by atoms with Crippen LogP contribution in [0.25, 0.3) is 0 Å². The van der Waals surface area contributed by atoms with Gasteiger partial charge >= 0.3 is 0 Å². The minimum atomic E-state index is -0.192. The van der Waals surface area contributed by atoms with E-state index in [4.69, 9.17) is 5.73 Å². The standard InChI is InChI=1S/C16H19FN2/c1-19(16-6-2-5-14(17)12-16)11-3-4-13-7-9-15(18)10-8-13/h2,5-10,12H,3-4,11,18H2,1H3. The summed E-state index contributed by atoms with van der Waals surface area (Å²) in [5.41, 5.74) is 8.64. The van der Waals surface area contributed by atoms with Gasteiger partial charge in [0.05, 0.1) is 0 Å². The second kappa shape index (κ2) is 6.23. The summed E-state index contributed by atoms with van der Waals surface area (Å²) >= 11 is 0. The molecule has 2 nitrogen and oxygen atoms in total. The Labute approximate surface area is 113 Å². The highest BCUT2D eigenvalue weighted by molar-refractivity contribution is 5.45. The van der Waals surface area contributed by atoms with Gasteiger partial charge in [0.25, 0.3) is 0 Å². The molecule has 0 amide bonds. The highest BCUT2D eigenvalue weighted by atomic mass is 19.1. The molecule has 19 heavy (non-hydrogen) atoms. The van der Waals surface area contributed by atoms with Crippen molar-refractivity contribution in [1.29, 1.82) is 0 Å². The van der Waals surface area contributed by atoms with Crippen molar-refractivity contribution in [2.75, 3.05) is 24.2 Å². The van der Waals surface area contributed by atoms with Crippen molar-refractivity contribution in [3.8, 4) is 0 Å². The van der Waals surface area contributed by atoms with Crippen molar-refractivity contribution in [3.63, 3.8) is 0 Å². The van der Waals surface area contributed by atoms with Crippen molar-refractivity contribution < 1.29 is 4.39 Å². The number of aryl methyl sites for hydroxylation is 1.